The zero-order chi connectivity index (χ0) is 30.8. The third-order valence-corrected chi connectivity index (χ3v) is 9.37. The average Bonchev–Trinajstić information content (AvgIpc) is 3.60. The number of aryl methyl sites for hydroxylation is 2. The Balaban J connectivity index is 1.20. The first kappa shape index (κ1) is 26.5. The highest BCUT2D eigenvalue weighted by molar-refractivity contribution is 6.12. The number of aromatic nitrogens is 2. The molecule has 0 bridgehead atoms. The van der Waals surface area contributed by atoms with Gasteiger partial charge in [-0.1, -0.05) is 114 Å². The van der Waals surface area contributed by atoms with Crippen LogP contribution in [0.3, 0.4) is 0 Å². The molecule has 9 aromatic rings. The van der Waals surface area contributed by atoms with Gasteiger partial charge in [-0.25, -0.2) is 0 Å². The van der Waals surface area contributed by atoms with Gasteiger partial charge in [0.05, 0.1) is 22.1 Å². The van der Waals surface area contributed by atoms with Crippen LogP contribution in [0.5, 0.6) is 0 Å². The van der Waals surface area contributed by atoms with E-state index >= 15 is 0 Å². The van der Waals surface area contributed by atoms with Crippen molar-refractivity contribution in [2.24, 2.45) is 0 Å². The molecule has 7 aromatic carbocycles. The molecule has 0 radical (unpaired) electrons. The molecule has 0 unspecified atom stereocenters. The van der Waals surface area contributed by atoms with Gasteiger partial charge >= 0.3 is 0 Å². The first-order valence-corrected chi connectivity index (χ1v) is 15.9. The summed E-state index contributed by atoms with van der Waals surface area (Å²) in [6.07, 6.45) is 0. The summed E-state index contributed by atoms with van der Waals surface area (Å²) in [6, 6.07) is 57.8. The quantitative estimate of drug-likeness (QED) is 0.194. The number of hydrogen-bond donors (Lipinski definition) is 0. The SMILES string of the molecule is Cc1cc(C)cc(-c2ccc(-n3c4ccccc4c4cc(-c5ccc6c7ccccc7n(-c7ccccc7)c6c5)ccc43)cc2)c1. The van der Waals surface area contributed by atoms with E-state index in [0.29, 0.717) is 0 Å². The number of para-hydroxylation sites is 3. The van der Waals surface area contributed by atoms with Gasteiger partial charge in [0.1, 0.15) is 0 Å². The predicted molar refractivity (Wildman–Crippen MR) is 195 cm³/mol. The van der Waals surface area contributed by atoms with Crippen LogP contribution in [0.1, 0.15) is 11.1 Å². The van der Waals surface area contributed by atoms with E-state index in [0.717, 1.165) is 0 Å². The molecule has 0 aliphatic carbocycles. The summed E-state index contributed by atoms with van der Waals surface area (Å²) in [4.78, 5) is 0. The molecule has 0 N–H and O–H groups in total. The van der Waals surface area contributed by atoms with E-state index in [2.05, 4.69) is 181 Å². The van der Waals surface area contributed by atoms with Gasteiger partial charge in [0.15, 0.2) is 0 Å². The van der Waals surface area contributed by atoms with Crippen molar-refractivity contribution in [2.45, 2.75) is 13.8 Å². The van der Waals surface area contributed by atoms with Crippen molar-refractivity contribution < 1.29 is 0 Å². The summed E-state index contributed by atoms with van der Waals surface area (Å²) in [5, 5.41) is 5.06. The molecule has 0 saturated heterocycles. The van der Waals surface area contributed by atoms with Crippen LogP contribution >= 0.6 is 0 Å². The van der Waals surface area contributed by atoms with Gasteiger partial charge < -0.3 is 9.13 Å². The summed E-state index contributed by atoms with van der Waals surface area (Å²) in [5.41, 5.74) is 14.7. The van der Waals surface area contributed by atoms with E-state index in [4.69, 9.17) is 0 Å². The van der Waals surface area contributed by atoms with E-state index < -0.39 is 0 Å². The fraction of sp³-hybridized carbons (Fsp3) is 0.0455. The topological polar surface area (TPSA) is 9.86 Å². The van der Waals surface area contributed by atoms with Gasteiger partial charge in [-0.3, -0.25) is 0 Å². The number of nitrogens with zero attached hydrogens (tertiary/aromatic N) is 2. The minimum atomic E-state index is 1.17. The zero-order valence-corrected chi connectivity index (χ0v) is 25.9. The number of fused-ring (bicyclic) bond motifs is 6. The molecule has 0 amide bonds. The molecule has 2 aromatic heterocycles. The second-order valence-corrected chi connectivity index (χ2v) is 12.4. The lowest BCUT2D eigenvalue weighted by atomic mass is 10.0. The predicted octanol–water partition coefficient (Wildman–Crippen LogP) is 11.8. The smallest absolute Gasteiger partial charge is 0.0547 e. The van der Waals surface area contributed by atoms with Crippen LogP contribution in [-0.4, -0.2) is 9.13 Å². The van der Waals surface area contributed by atoms with Crippen molar-refractivity contribution in [3.8, 4) is 33.6 Å². The molecule has 0 saturated carbocycles. The third kappa shape index (κ3) is 4.18. The Hall–Kier alpha value is -5.86. The molecule has 0 aliphatic heterocycles. The maximum Gasteiger partial charge on any atom is 0.0547 e. The van der Waals surface area contributed by atoms with Gasteiger partial charge in [0.2, 0.25) is 0 Å². The summed E-state index contributed by atoms with van der Waals surface area (Å²) in [5.74, 6) is 0. The van der Waals surface area contributed by atoms with Crippen molar-refractivity contribution in [1.29, 1.82) is 0 Å². The summed E-state index contributed by atoms with van der Waals surface area (Å²) in [7, 11) is 0. The van der Waals surface area contributed by atoms with Crippen LogP contribution in [0.2, 0.25) is 0 Å². The number of hydrogen-bond acceptors (Lipinski definition) is 0. The lowest BCUT2D eigenvalue weighted by Crippen LogP contribution is -1.94. The molecular weight excluding hydrogens is 556 g/mol. The Morgan fingerprint density at radius 3 is 1.52 bits per heavy atom. The number of benzene rings is 7. The molecule has 2 heterocycles. The lowest BCUT2D eigenvalue weighted by Gasteiger charge is -2.11. The molecule has 0 fully saturated rings. The van der Waals surface area contributed by atoms with E-state index in [-0.39, 0.29) is 0 Å². The van der Waals surface area contributed by atoms with Crippen molar-refractivity contribution >= 4 is 43.6 Å². The van der Waals surface area contributed by atoms with E-state index in [1.165, 1.54) is 88.4 Å². The normalized spacial score (nSPS) is 11.7. The van der Waals surface area contributed by atoms with Crippen LogP contribution in [0.25, 0.3) is 77.2 Å². The number of rotatable bonds is 4. The van der Waals surface area contributed by atoms with E-state index in [9.17, 15) is 0 Å². The van der Waals surface area contributed by atoms with Crippen LogP contribution in [0.4, 0.5) is 0 Å². The van der Waals surface area contributed by atoms with Crippen LogP contribution in [0, 0.1) is 13.8 Å². The summed E-state index contributed by atoms with van der Waals surface area (Å²) >= 11 is 0. The van der Waals surface area contributed by atoms with E-state index in [1.54, 1.807) is 0 Å². The summed E-state index contributed by atoms with van der Waals surface area (Å²) < 4.78 is 4.79. The highest BCUT2D eigenvalue weighted by Gasteiger charge is 2.16. The largest absolute Gasteiger partial charge is 0.309 e. The monoisotopic (exact) mass is 588 g/mol. The Morgan fingerprint density at radius 1 is 0.304 bits per heavy atom. The van der Waals surface area contributed by atoms with Gasteiger partial charge in [0, 0.05) is 32.9 Å². The molecule has 0 aliphatic rings. The van der Waals surface area contributed by atoms with Gasteiger partial charge in [-0.05, 0) is 90.7 Å². The summed E-state index contributed by atoms with van der Waals surface area (Å²) in [6.45, 7) is 4.33. The Morgan fingerprint density at radius 2 is 0.804 bits per heavy atom. The molecule has 0 atom stereocenters. The maximum atomic E-state index is 2.40. The lowest BCUT2D eigenvalue weighted by molar-refractivity contribution is 1.18. The second-order valence-electron chi connectivity index (χ2n) is 12.4. The van der Waals surface area contributed by atoms with Gasteiger partial charge in [-0.2, -0.15) is 0 Å². The molecule has 0 spiro atoms. The fourth-order valence-corrected chi connectivity index (χ4v) is 7.38. The van der Waals surface area contributed by atoms with Crippen LogP contribution in [-0.2, 0) is 0 Å². The van der Waals surface area contributed by atoms with Gasteiger partial charge in [0.25, 0.3) is 0 Å². The molecule has 46 heavy (non-hydrogen) atoms. The first-order chi connectivity index (χ1) is 22.6. The minimum Gasteiger partial charge on any atom is -0.309 e. The van der Waals surface area contributed by atoms with Gasteiger partial charge in [-0.15, -0.1) is 0 Å². The van der Waals surface area contributed by atoms with Crippen molar-refractivity contribution in [1.82, 2.24) is 9.13 Å². The van der Waals surface area contributed by atoms with E-state index in [1.807, 2.05) is 0 Å². The molecule has 9 rings (SSSR count). The average molecular weight is 589 g/mol. The first-order valence-electron chi connectivity index (χ1n) is 15.9. The molecule has 2 heteroatoms. The van der Waals surface area contributed by atoms with Crippen molar-refractivity contribution in [3.05, 3.63) is 169 Å². The highest BCUT2D eigenvalue weighted by atomic mass is 15.0. The zero-order valence-electron chi connectivity index (χ0n) is 25.9. The Bertz CT molecular complexity index is 2560. The molecule has 2 nitrogen and oxygen atoms in total. The highest BCUT2D eigenvalue weighted by Crippen LogP contribution is 2.38. The Labute approximate surface area is 268 Å². The molecule has 218 valence electrons. The Kier molecular flexibility index (Phi) is 5.97. The minimum absolute atomic E-state index is 1.17. The van der Waals surface area contributed by atoms with Crippen molar-refractivity contribution in [2.75, 3.05) is 0 Å². The van der Waals surface area contributed by atoms with Crippen LogP contribution in [0.15, 0.2) is 158 Å². The maximum absolute atomic E-state index is 2.40. The fourth-order valence-electron chi connectivity index (χ4n) is 7.38. The van der Waals surface area contributed by atoms with Crippen molar-refractivity contribution in [3.63, 3.8) is 0 Å². The molecular formula is C44H32N2. The second kappa shape index (κ2) is 10.4. The third-order valence-electron chi connectivity index (χ3n) is 9.37. The standard InChI is InChI=1S/C44H32N2/c1-29-24-30(2)26-34(25-29)31-16-20-36(21-17-31)45-42-15-9-7-13-38(42)40-27-32(19-23-43(40)45)33-18-22-39-37-12-6-8-14-41(37)46(44(39)28-33)35-10-4-3-5-11-35/h3-28H,1-2H3. The van der Waals surface area contributed by atoms with Crippen LogP contribution < -0.4 is 0 Å².